The lowest BCUT2D eigenvalue weighted by atomic mass is 10.1. The fourth-order valence-corrected chi connectivity index (χ4v) is 1.25. The molecule has 0 saturated carbocycles. The summed E-state index contributed by atoms with van der Waals surface area (Å²) in [5.41, 5.74) is 0. The van der Waals surface area contributed by atoms with Crippen LogP contribution >= 0.6 is 0 Å². The Morgan fingerprint density at radius 3 is 2.58 bits per heavy atom. The van der Waals surface area contributed by atoms with Crippen molar-refractivity contribution in [2.24, 2.45) is 5.92 Å². The van der Waals surface area contributed by atoms with Gasteiger partial charge in [0.2, 0.25) is 0 Å². The number of halogens is 1. The van der Waals surface area contributed by atoms with Gasteiger partial charge in [-0.3, -0.25) is 4.74 Å². The van der Waals surface area contributed by atoms with Gasteiger partial charge in [0, 0.05) is 5.92 Å². The van der Waals surface area contributed by atoms with Crippen LogP contribution in [0.15, 0.2) is 0 Å². The average molecular weight is 178 g/mol. The molecule has 0 aliphatic carbocycles. The highest BCUT2D eigenvalue weighted by atomic mass is 19.1. The van der Waals surface area contributed by atoms with E-state index in [-0.39, 0.29) is 0 Å². The number of ether oxygens (including phenoxy) is 3. The van der Waals surface area contributed by atoms with E-state index in [2.05, 4.69) is 11.7 Å². The number of alkyl halides is 1. The van der Waals surface area contributed by atoms with Gasteiger partial charge in [-0.25, -0.2) is 4.39 Å². The van der Waals surface area contributed by atoms with Crippen molar-refractivity contribution in [3.63, 3.8) is 0 Å². The molecule has 4 heteroatoms. The molecule has 0 amide bonds. The first-order valence-corrected chi connectivity index (χ1v) is 4.27. The number of hydrogen-bond acceptors (Lipinski definition) is 3. The zero-order chi connectivity index (χ0) is 8.81. The molecule has 0 bridgehead atoms. The van der Waals surface area contributed by atoms with Crippen LogP contribution in [-0.4, -0.2) is 26.6 Å². The van der Waals surface area contributed by atoms with E-state index >= 15 is 0 Å². The zero-order valence-corrected chi connectivity index (χ0v) is 7.29. The molecule has 0 unspecified atom stereocenters. The van der Waals surface area contributed by atoms with Crippen LogP contribution in [0.25, 0.3) is 0 Å². The molecule has 3 nitrogen and oxygen atoms in total. The smallest absolute Gasteiger partial charge is 0.273 e. The van der Waals surface area contributed by atoms with E-state index in [1.165, 1.54) is 0 Å². The first-order valence-electron chi connectivity index (χ1n) is 4.27. The lowest BCUT2D eigenvalue weighted by Gasteiger charge is -2.27. The molecule has 72 valence electrons. The van der Waals surface area contributed by atoms with Gasteiger partial charge in [0.1, 0.15) is 0 Å². The maximum Gasteiger partial charge on any atom is 0.273 e. The van der Waals surface area contributed by atoms with E-state index in [4.69, 9.17) is 9.47 Å². The van der Waals surface area contributed by atoms with Crippen molar-refractivity contribution in [2.45, 2.75) is 26.2 Å². The van der Waals surface area contributed by atoms with Crippen molar-refractivity contribution < 1.29 is 18.6 Å². The van der Waals surface area contributed by atoms with E-state index in [0.29, 0.717) is 19.1 Å². The number of hydrogen-bond donors (Lipinski definition) is 0. The lowest BCUT2D eigenvalue weighted by Crippen LogP contribution is -2.33. The highest BCUT2D eigenvalue weighted by Gasteiger charge is 2.21. The Kier molecular flexibility index (Phi) is 4.50. The summed E-state index contributed by atoms with van der Waals surface area (Å²) in [6, 6.07) is 0. The molecule has 0 atom stereocenters. The van der Waals surface area contributed by atoms with Gasteiger partial charge in [0.15, 0.2) is 6.86 Å². The molecule has 1 fully saturated rings. The molecule has 0 aromatic heterocycles. The van der Waals surface area contributed by atoms with E-state index in [9.17, 15) is 4.39 Å². The molecule has 1 saturated heterocycles. The van der Waals surface area contributed by atoms with Crippen LogP contribution in [0, 0.1) is 5.92 Å². The van der Waals surface area contributed by atoms with Crippen molar-refractivity contribution in [3.8, 4) is 0 Å². The molecule has 12 heavy (non-hydrogen) atoms. The minimum absolute atomic E-state index is 0.439. The van der Waals surface area contributed by atoms with Gasteiger partial charge in [-0.2, -0.15) is 0 Å². The Morgan fingerprint density at radius 2 is 2.08 bits per heavy atom. The quantitative estimate of drug-likeness (QED) is 0.655. The summed E-state index contributed by atoms with van der Waals surface area (Å²) < 4.78 is 26.3. The fraction of sp³-hybridized carbons (Fsp3) is 1.00. The Balaban J connectivity index is 2.11. The third-order valence-corrected chi connectivity index (χ3v) is 1.83. The molecule has 1 aliphatic rings. The summed E-state index contributed by atoms with van der Waals surface area (Å²) in [7, 11) is 0. The van der Waals surface area contributed by atoms with Gasteiger partial charge in [0.25, 0.3) is 6.48 Å². The van der Waals surface area contributed by atoms with Gasteiger partial charge >= 0.3 is 0 Å². The lowest BCUT2D eigenvalue weighted by molar-refractivity contribution is -0.331. The van der Waals surface area contributed by atoms with E-state index in [0.717, 1.165) is 12.8 Å². The molecule has 0 radical (unpaired) electrons. The van der Waals surface area contributed by atoms with Gasteiger partial charge < -0.3 is 9.47 Å². The Labute approximate surface area is 71.8 Å². The second-order valence-corrected chi connectivity index (χ2v) is 2.89. The largest absolute Gasteiger partial charge is 0.329 e. The first kappa shape index (κ1) is 9.89. The summed E-state index contributed by atoms with van der Waals surface area (Å²) in [4.78, 5) is 0. The molecule has 0 aromatic carbocycles. The Bertz CT molecular complexity index is 98.9. The zero-order valence-electron chi connectivity index (χ0n) is 7.29. The highest BCUT2D eigenvalue weighted by Crippen LogP contribution is 2.16. The summed E-state index contributed by atoms with van der Waals surface area (Å²) in [5, 5.41) is 0. The molecule has 1 rings (SSSR count). The van der Waals surface area contributed by atoms with Crippen molar-refractivity contribution in [3.05, 3.63) is 0 Å². The third kappa shape index (κ3) is 3.05. The average Bonchev–Trinajstić information content (AvgIpc) is 2.09. The van der Waals surface area contributed by atoms with Gasteiger partial charge in [0.05, 0.1) is 13.2 Å². The fourth-order valence-electron chi connectivity index (χ4n) is 1.25. The van der Waals surface area contributed by atoms with Gasteiger partial charge in [-0.1, -0.05) is 13.3 Å². The standard InChI is InChI=1S/C8H15FO3/c1-2-3-7-4-10-8(11-5-7)12-6-9/h7-8H,2-6H2,1H3. The SMILES string of the molecule is CCCC1COC(OCF)OC1. The monoisotopic (exact) mass is 178 g/mol. The minimum Gasteiger partial charge on any atom is -0.329 e. The molecule has 0 spiro atoms. The third-order valence-electron chi connectivity index (χ3n) is 1.83. The van der Waals surface area contributed by atoms with Gasteiger partial charge in [-0.15, -0.1) is 0 Å². The van der Waals surface area contributed by atoms with E-state index in [1.54, 1.807) is 0 Å². The molecule has 0 aromatic rings. The van der Waals surface area contributed by atoms with Crippen LogP contribution < -0.4 is 0 Å². The summed E-state index contributed by atoms with van der Waals surface area (Å²) >= 11 is 0. The second kappa shape index (κ2) is 5.45. The number of rotatable bonds is 4. The first-order chi connectivity index (χ1) is 5.86. The minimum atomic E-state index is -0.858. The van der Waals surface area contributed by atoms with Crippen LogP contribution in [0.3, 0.4) is 0 Å². The van der Waals surface area contributed by atoms with Crippen molar-refractivity contribution in [1.29, 1.82) is 0 Å². The van der Waals surface area contributed by atoms with E-state index in [1.807, 2.05) is 0 Å². The van der Waals surface area contributed by atoms with Crippen LogP contribution in [0.4, 0.5) is 4.39 Å². The van der Waals surface area contributed by atoms with Crippen molar-refractivity contribution in [2.75, 3.05) is 20.1 Å². The second-order valence-electron chi connectivity index (χ2n) is 2.89. The predicted molar refractivity (Wildman–Crippen MR) is 41.2 cm³/mol. The highest BCUT2D eigenvalue weighted by molar-refractivity contribution is 4.59. The maximum atomic E-state index is 11.6. The van der Waals surface area contributed by atoms with Crippen LogP contribution in [0.1, 0.15) is 19.8 Å². The van der Waals surface area contributed by atoms with Crippen LogP contribution in [-0.2, 0) is 14.2 Å². The normalized spacial score (nSPS) is 30.5. The molecular formula is C8H15FO3. The summed E-state index contributed by atoms with van der Waals surface area (Å²) in [5.74, 6) is 0.439. The summed E-state index contributed by atoms with van der Waals surface area (Å²) in [6.07, 6.45) is 2.20. The maximum absolute atomic E-state index is 11.6. The predicted octanol–water partition coefficient (Wildman–Crippen LogP) is 1.68. The molecular weight excluding hydrogens is 163 g/mol. The summed E-state index contributed by atoms with van der Waals surface area (Å²) in [6.45, 7) is 1.69. The van der Waals surface area contributed by atoms with Crippen LogP contribution in [0.2, 0.25) is 0 Å². The van der Waals surface area contributed by atoms with Gasteiger partial charge in [-0.05, 0) is 6.42 Å². The van der Waals surface area contributed by atoms with Crippen LogP contribution in [0.5, 0.6) is 0 Å². The van der Waals surface area contributed by atoms with Crippen molar-refractivity contribution in [1.82, 2.24) is 0 Å². The topological polar surface area (TPSA) is 27.7 Å². The molecule has 1 aliphatic heterocycles. The van der Waals surface area contributed by atoms with Crippen molar-refractivity contribution >= 4 is 0 Å². The molecule has 0 N–H and O–H groups in total. The Morgan fingerprint density at radius 1 is 1.42 bits per heavy atom. The van der Waals surface area contributed by atoms with E-state index < -0.39 is 13.3 Å². The Hall–Kier alpha value is -0.190. The molecule has 1 heterocycles.